The predicted octanol–water partition coefficient (Wildman–Crippen LogP) is 0.204. The zero-order valence-electron chi connectivity index (χ0n) is 8.58. The summed E-state index contributed by atoms with van der Waals surface area (Å²) in [7, 11) is 1.81. The fourth-order valence-corrected chi connectivity index (χ4v) is 1.05. The number of carbonyl (C=O) groups is 1. The number of hydrogen-bond donors (Lipinski definition) is 4. The molecule has 0 saturated heterocycles. The Morgan fingerprint density at radius 1 is 1.40 bits per heavy atom. The second-order valence-corrected chi connectivity index (χ2v) is 2.88. The van der Waals surface area contributed by atoms with E-state index in [1.54, 1.807) is 7.05 Å². The van der Waals surface area contributed by atoms with E-state index >= 15 is 0 Å². The first-order chi connectivity index (χ1) is 7.22. The molecular formula is C9H15N5O. The van der Waals surface area contributed by atoms with Crippen molar-refractivity contribution in [1.82, 2.24) is 10.3 Å². The van der Waals surface area contributed by atoms with Gasteiger partial charge >= 0.3 is 6.03 Å². The number of pyridine rings is 1. The third-order valence-electron chi connectivity index (χ3n) is 1.74. The Morgan fingerprint density at radius 3 is 2.80 bits per heavy atom. The predicted molar refractivity (Wildman–Crippen MR) is 59.9 cm³/mol. The second kappa shape index (κ2) is 5.69. The third kappa shape index (κ3) is 4.17. The average Bonchev–Trinajstić information content (AvgIpc) is 2.24. The van der Waals surface area contributed by atoms with Crippen LogP contribution in [-0.2, 0) is 0 Å². The van der Waals surface area contributed by atoms with Crippen molar-refractivity contribution < 1.29 is 4.79 Å². The van der Waals surface area contributed by atoms with Gasteiger partial charge in [-0.3, -0.25) is 0 Å². The molecule has 6 heteroatoms. The van der Waals surface area contributed by atoms with Crippen molar-refractivity contribution in [3.63, 3.8) is 0 Å². The fraction of sp³-hybridized carbons (Fsp3) is 0.333. The summed E-state index contributed by atoms with van der Waals surface area (Å²) in [6.07, 6.45) is 0. The number of anilines is 2. The van der Waals surface area contributed by atoms with Gasteiger partial charge in [-0.1, -0.05) is 6.07 Å². The van der Waals surface area contributed by atoms with Gasteiger partial charge in [-0.05, 0) is 12.1 Å². The van der Waals surface area contributed by atoms with E-state index in [0.717, 1.165) is 11.6 Å². The molecule has 15 heavy (non-hydrogen) atoms. The lowest BCUT2D eigenvalue weighted by Crippen LogP contribution is -2.33. The van der Waals surface area contributed by atoms with E-state index in [9.17, 15) is 4.79 Å². The lowest BCUT2D eigenvalue weighted by Gasteiger charge is -2.07. The van der Waals surface area contributed by atoms with Gasteiger partial charge in [0, 0.05) is 20.1 Å². The minimum absolute atomic E-state index is 0.473. The van der Waals surface area contributed by atoms with Crippen molar-refractivity contribution in [3.8, 4) is 0 Å². The SMILES string of the molecule is CNc1cccc(NCCNC(N)=O)n1. The molecule has 0 spiro atoms. The van der Waals surface area contributed by atoms with E-state index in [2.05, 4.69) is 20.9 Å². The number of hydrogen-bond acceptors (Lipinski definition) is 4. The molecule has 1 heterocycles. The van der Waals surface area contributed by atoms with Crippen LogP contribution >= 0.6 is 0 Å². The van der Waals surface area contributed by atoms with Crippen molar-refractivity contribution in [2.75, 3.05) is 30.8 Å². The summed E-state index contributed by atoms with van der Waals surface area (Å²) in [6, 6.07) is 5.09. The molecule has 1 rings (SSSR count). The molecule has 1 aromatic rings. The highest BCUT2D eigenvalue weighted by Gasteiger charge is 1.95. The number of nitrogens with one attached hydrogen (secondary N) is 3. The molecule has 6 nitrogen and oxygen atoms in total. The summed E-state index contributed by atoms with van der Waals surface area (Å²) in [5.41, 5.74) is 4.91. The van der Waals surface area contributed by atoms with Crippen LogP contribution < -0.4 is 21.7 Å². The quantitative estimate of drug-likeness (QED) is 0.521. The largest absolute Gasteiger partial charge is 0.373 e. The Balaban J connectivity index is 2.33. The Bertz CT molecular complexity index is 328. The van der Waals surface area contributed by atoms with Crippen molar-refractivity contribution in [3.05, 3.63) is 18.2 Å². The summed E-state index contributed by atoms with van der Waals surface area (Å²) in [5.74, 6) is 1.55. The Hall–Kier alpha value is -1.98. The molecule has 0 aromatic carbocycles. The highest BCUT2D eigenvalue weighted by atomic mass is 16.2. The van der Waals surface area contributed by atoms with Gasteiger partial charge in [-0.2, -0.15) is 0 Å². The number of amides is 2. The average molecular weight is 209 g/mol. The number of nitrogens with two attached hydrogens (primary N) is 1. The van der Waals surface area contributed by atoms with Gasteiger partial charge in [0.25, 0.3) is 0 Å². The van der Waals surface area contributed by atoms with Crippen LogP contribution in [0.15, 0.2) is 18.2 Å². The van der Waals surface area contributed by atoms with Crippen LogP contribution in [0.5, 0.6) is 0 Å². The summed E-state index contributed by atoms with van der Waals surface area (Å²) in [4.78, 5) is 14.6. The molecule has 0 radical (unpaired) electrons. The standard InChI is InChI=1S/C9H15N5O/c1-11-7-3-2-4-8(14-7)12-5-6-13-9(10)15/h2-4H,5-6H2,1H3,(H3,10,13,15)(H2,11,12,14). The maximum absolute atomic E-state index is 10.4. The van der Waals surface area contributed by atoms with Gasteiger partial charge in [0.05, 0.1) is 0 Å². The molecular weight excluding hydrogens is 194 g/mol. The number of aromatic nitrogens is 1. The first-order valence-electron chi connectivity index (χ1n) is 4.64. The molecule has 0 saturated carbocycles. The van der Waals surface area contributed by atoms with Crippen molar-refractivity contribution in [1.29, 1.82) is 0 Å². The molecule has 0 aliphatic carbocycles. The Kier molecular flexibility index (Phi) is 4.21. The molecule has 0 atom stereocenters. The Morgan fingerprint density at radius 2 is 2.13 bits per heavy atom. The molecule has 1 aromatic heterocycles. The maximum atomic E-state index is 10.4. The topological polar surface area (TPSA) is 92.1 Å². The highest BCUT2D eigenvalue weighted by Crippen LogP contribution is 2.07. The first kappa shape index (κ1) is 11.1. The number of rotatable bonds is 5. The van der Waals surface area contributed by atoms with E-state index in [4.69, 9.17) is 5.73 Å². The fourth-order valence-electron chi connectivity index (χ4n) is 1.05. The molecule has 0 unspecified atom stereocenters. The van der Waals surface area contributed by atoms with Crippen LogP contribution in [0.3, 0.4) is 0 Å². The minimum Gasteiger partial charge on any atom is -0.373 e. The van der Waals surface area contributed by atoms with Crippen molar-refractivity contribution in [2.24, 2.45) is 5.73 Å². The summed E-state index contributed by atoms with van der Waals surface area (Å²) < 4.78 is 0. The van der Waals surface area contributed by atoms with Gasteiger partial charge < -0.3 is 21.7 Å². The van der Waals surface area contributed by atoms with Crippen LogP contribution in [0.2, 0.25) is 0 Å². The molecule has 0 bridgehead atoms. The van der Waals surface area contributed by atoms with Gasteiger partial charge in [0.2, 0.25) is 0 Å². The number of primary amides is 1. The van der Waals surface area contributed by atoms with Gasteiger partial charge in [0.1, 0.15) is 11.6 Å². The summed E-state index contributed by atoms with van der Waals surface area (Å²) in [5, 5.41) is 8.47. The van der Waals surface area contributed by atoms with Crippen LogP contribution in [0.1, 0.15) is 0 Å². The maximum Gasteiger partial charge on any atom is 0.312 e. The van der Waals surface area contributed by atoms with E-state index in [-0.39, 0.29) is 0 Å². The van der Waals surface area contributed by atoms with Crippen LogP contribution in [-0.4, -0.2) is 31.2 Å². The van der Waals surface area contributed by atoms with Gasteiger partial charge in [-0.25, -0.2) is 9.78 Å². The van der Waals surface area contributed by atoms with Gasteiger partial charge in [0.15, 0.2) is 0 Å². The van der Waals surface area contributed by atoms with E-state index in [1.165, 1.54) is 0 Å². The number of nitrogens with zero attached hydrogens (tertiary/aromatic N) is 1. The molecule has 0 fully saturated rings. The van der Waals surface area contributed by atoms with Crippen LogP contribution in [0.25, 0.3) is 0 Å². The minimum atomic E-state index is -0.520. The number of urea groups is 1. The zero-order valence-corrected chi connectivity index (χ0v) is 8.58. The van der Waals surface area contributed by atoms with E-state index in [1.807, 2.05) is 18.2 Å². The van der Waals surface area contributed by atoms with Crippen LogP contribution in [0, 0.1) is 0 Å². The van der Waals surface area contributed by atoms with E-state index in [0.29, 0.717) is 13.1 Å². The van der Waals surface area contributed by atoms with Crippen molar-refractivity contribution in [2.45, 2.75) is 0 Å². The lowest BCUT2D eigenvalue weighted by molar-refractivity contribution is 0.249. The molecule has 2 amide bonds. The highest BCUT2D eigenvalue weighted by molar-refractivity contribution is 5.71. The molecule has 5 N–H and O–H groups in total. The molecule has 0 aliphatic heterocycles. The smallest absolute Gasteiger partial charge is 0.312 e. The third-order valence-corrected chi connectivity index (χ3v) is 1.74. The normalized spacial score (nSPS) is 9.40. The zero-order chi connectivity index (χ0) is 11.1. The van der Waals surface area contributed by atoms with Gasteiger partial charge in [-0.15, -0.1) is 0 Å². The van der Waals surface area contributed by atoms with Crippen molar-refractivity contribution >= 4 is 17.7 Å². The first-order valence-corrected chi connectivity index (χ1v) is 4.64. The van der Waals surface area contributed by atoms with E-state index < -0.39 is 6.03 Å². The second-order valence-electron chi connectivity index (χ2n) is 2.88. The van der Waals surface area contributed by atoms with Crippen LogP contribution in [0.4, 0.5) is 16.4 Å². The summed E-state index contributed by atoms with van der Waals surface area (Å²) in [6.45, 7) is 1.06. The lowest BCUT2D eigenvalue weighted by atomic mass is 10.4. The monoisotopic (exact) mass is 209 g/mol. The Labute approximate surface area is 88.3 Å². The molecule has 0 aliphatic rings. The summed E-state index contributed by atoms with van der Waals surface area (Å²) >= 11 is 0. The number of carbonyl (C=O) groups excluding carboxylic acids is 1. The molecule has 82 valence electrons.